The summed E-state index contributed by atoms with van der Waals surface area (Å²) in [5, 5.41) is 0. The fraction of sp³-hybridized carbons (Fsp3) is 0.292. The minimum Gasteiger partial charge on any atom is -1.00 e. The number of benzene rings is 2. The van der Waals surface area contributed by atoms with Gasteiger partial charge in [-0.25, -0.2) is 0 Å². The molecule has 1 atom stereocenters. The van der Waals surface area contributed by atoms with Crippen LogP contribution in [0.25, 0.3) is 11.1 Å². The third-order valence-electron chi connectivity index (χ3n) is 5.92. The summed E-state index contributed by atoms with van der Waals surface area (Å²) in [6.07, 6.45) is 11.3. The van der Waals surface area contributed by atoms with Crippen LogP contribution >= 0.6 is 0 Å². The number of halogens is 2. The van der Waals surface area contributed by atoms with Gasteiger partial charge in [-0.15, -0.1) is 0 Å². The van der Waals surface area contributed by atoms with Crippen molar-refractivity contribution < 1.29 is 51.0 Å². The first kappa shape index (κ1) is 24.4. The van der Waals surface area contributed by atoms with Gasteiger partial charge in [0.1, 0.15) is 0 Å². The van der Waals surface area contributed by atoms with Crippen molar-refractivity contribution >= 4 is 0 Å². The summed E-state index contributed by atoms with van der Waals surface area (Å²) in [6, 6.07) is 18.0. The van der Waals surface area contributed by atoms with E-state index in [1.807, 2.05) is 0 Å². The summed E-state index contributed by atoms with van der Waals surface area (Å²) in [4.78, 5) is 0. The van der Waals surface area contributed by atoms with Crippen molar-refractivity contribution in [1.82, 2.24) is 0 Å². The van der Waals surface area contributed by atoms with Gasteiger partial charge in [0.15, 0.2) is 0 Å². The Morgan fingerprint density at radius 3 is 2.00 bits per heavy atom. The number of hydrogen-bond donors (Lipinski definition) is 0. The molecule has 2 aromatic carbocycles. The van der Waals surface area contributed by atoms with Crippen LogP contribution in [0.2, 0.25) is 0 Å². The number of rotatable bonds is 5. The van der Waals surface area contributed by atoms with Gasteiger partial charge >= 0.3 is 26.2 Å². The smallest absolute Gasteiger partial charge is 1.00 e. The van der Waals surface area contributed by atoms with Crippen LogP contribution in [-0.2, 0) is 26.2 Å². The average molecular weight is 476 g/mol. The molecule has 2 aromatic rings. The molecule has 27 heavy (non-hydrogen) atoms. The predicted octanol–water partition coefficient (Wildman–Crippen LogP) is 0.701. The van der Waals surface area contributed by atoms with E-state index in [2.05, 4.69) is 80.6 Å². The van der Waals surface area contributed by atoms with Crippen molar-refractivity contribution in [3.05, 3.63) is 90.4 Å². The quantitative estimate of drug-likeness (QED) is 0.559. The van der Waals surface area contributed by atoms with Gasteiger partial charge in [0.05, 0.1) is 0 Å². The molecule has 1 radical (unpaired) electrons. The van der Waals surface area contributed by atoms with E-state index in [-0.39, 0.29) is 56.4 Å². The monoisotopic (exact) mass is 473 g/mol. The van der Waals surface area contributed by atoms with Crippen LogP contribution in [-0.4, -0.2) is 0 Å². The first-order chi connectivity index (χ1) is 11.8. The third kappa shape index (κ3) is 4.21. The van der Waals surface area contributed by atoms with E-state index in [9.17, 15) is 0 Å². The van der Waals surface area contributed by atoms with E-state index in [0.717, 1.165) is 12.8 Å². The summed E-state index contributed by atoms with van der Waals surface area (Å²) in [6.45, 7) is 6.57. The molecular formula is C24H25Cl2Zr. The average Bonchev–Trinajstić information content (AvgIpc) is 3.26. The van der Waals surface area contributed by atoms with Crippen LogP contribution in [0.15, 0.2) is 72.3 Å². The van der Waals surface area contributed by atoms with E-state index in [4.69, 9.17) is 0 Å². The molecule has 0 aromatic heterocycles. The van der Waals surface area contributed by atoms with E-state index in [1.54, 1.807) is 5.57 Å². The predicted molar refractivity (Wildman–Crippen MR) is 103 cm³/mol. The van der Waals surface area contributed by atoms with E-state index >= 15 is 0 Å². The fourth-order valence-corrected chi connectivity index (χ4v) is 4.70. The molecule has 0 saturated carbocycles. The van der Waals surface area contributed by atoms with Crippen LogP contribution in [0.1, 0.15) is 49.7 Å². The molecule has 0 aliphatic heterocycles. The summed E-state index contributed by atoms with van der Waals surface area (Å²) >= 11 is 0. The molecule has 0 saturated heterocycles. The second-order valence-electron chi connectivity index (χ2n) is 7.31. The molecule has 0 fully saturated rings. The van der Waals surface area contributed by atoms with Gasteiger partial charge in [-0.3, -0.25) is 0 Å². The Labute approximate surface area is 195 Å². The first-order valence-corrected chi connectivity index (χ1v) is 9.09. The number of allylic oxidation sites excluding steroid dienone is 4. The minimum atomic E-state index is 0. The molecule has 2 aliphatic rings. The van der Waals surface area contributed by atoms with Gasteiger partial charge < -0.3 is 31.7 Å². The minimum absolute atomic E-state index is 0. The number of unbranched alkanes of at least 4 members (excludes halogenated alkanes) is 1. The van der Waals surface area contributed by atoms with Gasteiger partial charge in [0.2, 0.25) is 0 Å². The molecule has 3 heteroatoms. The third-order valence-corrected chi connectivity index (χ3v) is 5.92. The molecule has 2 aliphatic carbocycles. The van der Waals surface area contributed by atoms with E-state index < -0.39 is 0 Å². The molecule has 0 nitrogen and oxygen atoms in total. The van der Waals surface area contributed by atoms with Crippen molar-refractivity contribution in [3.63, 3.8) is 0 Å². The zero-order chi connectivity index (χ0) is 16.6. The van der Waals surface area contributed by atoms with Gasteiger partial charge in [0.25, 0.3) is 0 Å². The molecule has 1 unspecified atom stereocenters. The second-order valence-corrected chi connectivity index (χ2v) is 7.31. The molecule has 0 bridgehead atoms. The summed E-state index contributed by atoms with van der Waals surface area (Å²) in [5.74, 6) is 0.447. The van der Waals surface area contributed by atoms with Crippen LogP contribution in [0.4, 0.5) is 0 Å². The molecule has 0 amide bonds. The molecule has 0 spiro atoms. The Balaban J connectivity index is 0.00000121. The maximum atomic E-state index is 4.10. The SMILES string of the molecule is [CH2-]CCCC(C)(C1=CC=CC1)C1c2ccccc2-c2ccccc21.[Cl-].[Cl-].[Zr+3]. The van der Waals surface area contributed by atoms with Crippen LogP contribution in [0, 0.1) is 12.3 Å². The molecule has 0 N–H and O–H groups in total. The van der Waals surface area contributed by atoms with Crippen LogP contribution in [0.5, 0.6) is 0 Å². The summed E-state index contributed by atoms with van der Waals surface area (Å²) in [5.41, 5.74) is 7.57. The normalized spacial score (nSPS) is 16.1. The standard InChI is InChI=1S/C24H25.2ClH.Zr/c1-3-4-17-24(2,18-11-5-6-12-18)23-21-15-9-7-13-19(21)20-14-8-10-16-22(20)23;;;/h5-11,13-16,23H,1,3-4,12,17H2,2H3;2*1H;/q-1;;;+3/p-2. The Morgan fingerprint density at radius 2 is 1.52 bits per heavy atom. The Morgan fingerprint density at radius 1 is 0.963 bits per heavy atom. The van der Waals surface area contributed by atoms with Crippen molar-refractivity contribution in [2.75, 3.05) is 0 Å². The topological polar surface area (TPSA) is 0 Å². The zero-order valence-electron chi connectivity index (χ0n) is 15.7. The molecular weight excluding hydrogens is 450 g/mol. The van der Waals surface area contributed by atoms with Gasteiger partial charge in [0, 0.05) is 5.92 Å². The van der Waals surface area contributed by atoms with Crippen LogP contribution in [0.3, 0.4) is 0 Å². The largest absolute Gasteiger partial charge is 3.00 e. The number of fused-ring (bicyclic) bond motifs is 3. The van der Waals surface area contributed by atoms with Gasteiger partial charge in [-0.1, -0.05) is 85.7 Å². The molecule has 139 valence electrons. The molecule has 0 heterocycles. The number of hydrogen-bond acceptors (Lipinski definition) is 0. The van der Waals surface area contributed by atoms with Crippen molar-refractivity contribution in [1.29, 1.82) is 0 Å². The maximum Gasteiger partial charge on any atom is 3.00 e. The van der Waals surface area contributed by atoms with Gasteiger partial charge in [-0.05, 0) is 40.5 Å². The van der Waals surface area contributed by atoms with Gasteiger partial charge in [-0.2, -0.15) is 6.42 Å². The summed E-state index contributed by atoms with van der Waals surface area (Å²) in [7, 11) is 0. The van der Waals surface area contributed by atoms with Crippen molar-refractivity contribution in [2.24, 2.45) is 5.41 Å². The van der Waals surface area contributed by atoms with Crippen LogP contribution < -0.4 is 24.8 Å². The van der Waals surface area contributed by atoms with E-state index in [1.165, 1.54) is 35.1 Å². The second kappa shape index (κ2) is 10.2. The Bertz CT molecular complexity index is 779. The van der Waals surface area contributed by atoms with Crippen molar-refractivity contribution in [2.45, 2.75) is 38.5 Å². The van der Waals surface area contributed by atoms with Crippen molar-refractivity contribution in [3.8, 4) is 11.1 Å². The zero-order valence-corrected chi connectivity index (χ0v) is 19.7. The summed E-state index contributed by atoms with van der Waals surface area (Å²) < 4.78 is 0. The first-order valence-electron chi connectivity index (χ1n) is 9.09. The van der Waals surface area contributed by atoms with E-state index in [0.29, 0.717) is 5.92 Å². The molecule has 4 rings (SSSR count). The Hall–Kier alpha value is -0.617. The Kier molecular flexibility index (Phi) is 9.26. The maximum absolute atomic E-state index is 4.10. The fourth-order valence-electron chi connectivity index (χ4n) is 4.70.